The summed E-state index contributed by atoms with van der Waals surface area (Å²) in [5, 5.41) is 0.536. The van der Waals surface area contributed by atoms with Gasteiger partial charge in [-0.2, -0.15) is 0 Å². The third-order valence-electron chi connectivity index (χ3n) is 1.28. The van der Waals surface area contributed by atoms with E-state index in [1.54, 1.807) is 13.2 Å². The average molecular weight is 283 g/mol. The average Bonchev–Trinajstić information content (AvgIpc) is 1.96. The van der Waals surface area contributed by atoms with Gasteiger partial charge in [-0.3, -0.25) is 0 Å². The first-order chi connectivity index (χ1) is 5.15. The number of methoxy groups -OCH3 is 1. The van der Waals surface area contributed by atoms with Gasteiger partial charge in [0.1, 0.15) is 5.75 Å². The third-order valence-corrected chi connectivity index (χ3v) is 2.21. The van der Waals surface area contributed by atoms with E-state index in [9.17, 15) is 0 Å². The van der Waals surface area contributed by atoms with Gasteiger partial charge in [0, 0.05) is 3.57 Å². The van der Waals surface area contributed by atoms with Crippen LogP contribution < -0.4 is 10.5 Å². The second kappa shape index (κ2) is 3.49. The lowest BCUT2D eigenvalue weighted by atomic mass is 10.3. The summed E-state index contributed by atoms with van der Waals surface area (Å²) >= 11 is 7.94. The molecule has 0 saturated carbocycles. The number of hydrogen-bond acceptors (Lipinski definition) is 2. The van der Waals surface area contributed by atoms with Crippen LogP contribution in [0.15, 0.2) is 12.1 Å². The molecule has 11 heavy (non-hydrogen) atoms. The van der Waals surface area contributed by atoms with Gasteiger partial charge in [-0.15, -0.1) is 0 Å². The first-order valence-electron chi connectivity index (χ1n) is 2.93. The lowest BCUT2D eigenvalue weighted by Crippen LogP contribution is -1.93. The van der Waals surface area contributed by atoms with Crippen LogP contribution in [0.3, 0.4) is 0 Å². The van der Waals surface area contributed by atoms with E-state index in [0.29, 0.717) is 16.5 Å². The van der Waals surface area contributed by atoms with Crippen molar-refractivity contribution in [2.75, 3.05) is 12.8 Å². The van der Waals surface area contributed by atoms with Gasteiger partial charge in [0.05, 0.1) is 17.8 Å². The van der Waals surface area contributed by atoms with Gasteiger partial charge in [0.25, 0.3) is 0 Å². The fourth-order valence-corrected chi connectivity index (χ4v) is 1.72. The SMILES string of the molecule is COc1cc(I)cc(Cl)c1N. The summed E-state index contributed by atoms with van der Waals surface area (Å²) in [5.41, 5.74) is 6.10. The summed E-state index contributed by atoms with van der Waals surface area (Å²) in [5.74, 6) is 0.627. The Morgan fingerprint density at radius 1 is 1.55 bits per heavy atom. The topological polar surface area (TPSA) is 35.2 Å². The van der Waals surface area contributed by atoms with Crippen LogP contribution in [0.1, 0.15) is 0 Å². The maximum atomic E-state index is 5.79. The number of halogens is 2. The van der Waals surface area contributed by atoms with Crippen molar-refractivity contribution in [3.05, 3.63) is 20.7 Å². The Morgan fingerprint density at radius 2 is 2.18 bits per heavy atom. The maximum absolute atomic E-state index is 5.79. The molecule has 0 aliphatic rings. The molecule has 0 amide bonds. The number of nitrogens with two attached hydrogens (primary N) is 1. The van der Waals surface area contributed by atoms with Crippen LogP contribution >= 0.6 is 34.2 Å². The molecular formula is C7H7ClINO. The molecule has 0 saturated heterocycles. The smallest absolute Gasteiger partial charge is 0.144 e. The Kier molecular flexibility index (Phi) is 2.84. The van der Waals surface area contributed by atoms with Gasteiger partial charge in [0.2, 0.25) is 0 Å². The van der Waals surface area contributed by atoms with Crippen LogP contribution in [0.4, 0.5) is 5.69 Å². The number of nitrogen functional groups attached to an aromatic ring is 1. The maximum Gasteiger partial charge on any atom is 0.144 e. The molecule has 2 N–H and O–H groups in total. The molecule has 1 aromatic rings. The highest BCUT2D eigenvalue weighted by Gasteiger charge is 2.04. The van der Waals surface area contributed by atoms with Crippen molar-refractivity contribution in [2.24, 2.45) is 0 Å². The van der Waals surface area contributed by atoms with E-state index in [2.05, 4.69) is 22.6 Å². The molecule has 0 aliphatic heterocycles. The monoisotopic (exact) mass is 283 g/mol. The first kappa shape index (κ1) is 8.93. The van der Waals surface area contributed by atoms with E-state index in [4.69, 9.17) is 22.1 Å². The summed E-state index contributed by atoms with van der Waals surface area (Å²) in [6, 6.07) is 3.63. The molecule has 60 valence electrons. The van der Waals surface area contributed by atoms with E-state index in [1.807, 2.05) is 6.07 Å². The van der Waals surface area contributed by atoms with E-state index >= 15 is 0 Å². The normalized spacial score (nSPS) is 9.73. The van der Waals surface area contributed by atoms with Gasteiger partial charge < -0.3 is 10.5 Å². The van der Waals surface area contributed by atoms with Gasteiger partial charge in [-0.25, -0.2) is 0 Å². The quantitative estimate of drug-likeness (QED) is 0.635. The molecule has 0 spiro atoms. The van der Waals surface area contributed by atoms with Crippen molar-refractivity contribution in [3.63, 3.8) is 0 Å². The molecule has 0 fully saturated rings. The van der Waals surface area contributed by atoms with Crippen molar-refractivity contribution in [3.8, 4) is 5.75 Å². The van der Waals surface area contributed by atoms with Gasteiger partial charge in [0.15, 0.2) is 0 Å². The predicted octanol–water partition coefficient (Wildman–Crippen LogP) is 2.54. The highest BCUT2D eigenvalue weighted by Crippen LogP contribution is 2.31. The van der Waals surface area contributed by atoms with Crippen molar-refractivity contribution >= 4 is 39.9 Å². The Morgan fingerprint density at radius 3 is 2.73 bits per heavy atom. The first-order valence-corrected chi connectivity index (χ1v) is 4.39. The number of rotatable bonds is 1. The van der Waals surface area contributed by atoms with Gasteiger partial charge in [-0.1, -0.05) is 11.6 Å². The highest BCUT2D eigenvalue weighted by atomic mass is 127. The molecular weight excluding hydrogens is 276 g/mol. The zero-order valence-corrected chi connectivity index (χ0v) is 8.81. The van der Waals surface area contributed by atoms with Crippen molar-refractivity contribution in [1.29, 1.82) is 0 Å². The van der Waals surface area contributed by atoms with E-state index in [-0.39, 0.29) is 0 Å². The van der Waals surface area contributed by atoms with Crippen LogP contribution in [0.25, 0.3) is 0 Å². The summed E-state index contributed by atoms with van der Waals surface area (Å²) in [7, 11) is 1.57. The minimum Gasteiger partial charge on any atom is -0.495 e. The predicted molar refractivity (Wildman–Crippen MR) is 55.1 cm³/mol. The van der Waals surface area contributed by atoms with E-state index in [0.717, 1.165) is 3.57 Å². The molecule has 0 aromatic heterocycles. The third kappa shape index (κ3) is 1.90. The lowest BCUT2D eigenvalue weighted by molar-refractivity contribution is 0.416. The molecule has 0 atom stereocenters. The highest BCUT2D eigenvalue weighted by molar-refractivity contribution is 14.1. The molecule has 1 aromatic carbocycles. The molecule has 0 unspecified atom stereocenters. The Hall–Kier alpha value is -0.160. The van der Waals surface area contributed by atoms with E-state index < -0.39 is 0 Å². The molecule has 0 heterocycles. The minimum atomic E-state index is 0.495. The van der Waals surface area contributed by atoms with Crippen LogP contribution in [-0.2, 0) is 0 Å². The summed E-state index contributed by atoms with van der Waals surface area (Å²) in [6.07, 6.45) is 0. The molecule has 0 radical (unpaired) electrons. The molecule has 4 heteroatoms. The van der Waals surface area contributed by atoms with Crippen molar-refractivity contribution in [2.45, 2.75) is 0 Å². The largest absolute Gasteiger partial charge is 0.495 e. The second-order valence-electron chi connectivity index (χ2n) is 2.00. The molecule has 2 nitrogen and oxygen atoms in total. The number of benzene rings is 1. The number of hydrogen-bond donors (Lipinski definition) is 1. The van der Waals surface area contributed by atoms with Gasteiger partial charge >= 0.3 is 0 Å². The Labute approximate surface area is 83.8 Å². The minimum absolute atomic E-state index is 0.495. The summed E-state index contributed by atoms with van der Waals surface area (Å²) in [6.45, 7) is 0. The van der Waals surface area contributed by atoms with Crippen LogP contribution in [-0.4, -0.2) is 7.11 Å². The zero-order valence-electron chi connectivity index (χ0n) is 5.90. The Balaban J connectivity index is 3.24. The van der Waals surface area contributed by atoms with Gasteiger partial charge in [-0.05, 0) is 34.7 Å². The fraction of sp³-hybridized carbons (Fsp3) is 0.143. The van der Waals surface area contributed by atoms with Crippen molar-refractivity contribution in [1.82, 2.24) is 0 Å². The standard InChI is InChI=1S/C7H7ClINO/c1-11-6-3-4(9)2-5(8)7(6)10/h2-3H,10H2,1H3. The zero-order chi connectivity index (χ0) is 8.43. The fourth-order valence-electron chi connectivity index (χ4n) is 0.730. The van der Waals surface area contributed by atoms with Crippen LogP contribution in [0.5, 0.6) is 5.75 Å². The number of anilines is 1. The second-order valence-corrected chi connectivity index (χ2v) is 3.66. The Bertz CT molecular complexity index is 277. The van der Waals surface area contributed by atoms with Crippen LogP contribution in [0, 0.1) is 3.57 Å². The summed E-state index contributed by atoms with van der Waals surface area (Å²) in [4.78, 5) is 0. The van der Waals surface area contributed by atoms with Crippen LogP contribution in [0.2, 0.25) is 5.02 Å². The number of ether oxygens (including phenoxy) is 1. The lowest BCUT2D eigenvalue weighted by Gasteiger charge is -2.05. The molecule has 1 rings (SSSR count). The van der Waals surface area contributed by atoms with Crippen molar-refractivity contribution < 1.29 is 4.74 Å². The molecule has 0 aliphatic carbocycles. The summed E-state index contributed by atoms with van der Waals surface area (Å²) < 4.78 is 6.01. The molecule has 0 bridgehead atoms. The van der Waals surface area contributed by atoms with E-state index in [1.165, 1.54) is 0 Å².